The molecule has 164 valence electrons. The number of fused-ring (bicyclic) bond motifs is 1. The Morgan fingerprint density at radius 3 is 2.48 bits per heavy atom. The van der Waals surface area contributed by atoms with Crippen molar-refractivity contribution >= 4 is 50.1 Å². The van der Waals surface area contributed by atoms with Gasteiger partial charge in [0.25, 0.3) is 5.91 Å². The molecule has 0 aliphatic heterocycles. The fourth-order valence-electron chi connectivity index (χ4n) is 3.63. The topological polar surface area (TPSA) is 85.7 Å². The molecule has 0 aliphatic rings. The van der Waals surface area contributed by atoms with Crippen LogP contribution in [0.4, 0.5) is 5.69 Å². The summed E-state index contributed by atoms with van der Waals surface area (Å²) in [6, 6.07) is 10.7. The monoisotopic (exact) mass is 462 g/mol. The lowest BCUT2D eigenvalue weighted by molar-refractivity contribution is 0.0603. The Kier molecular flexibility index (Phi) is 6.43. The van der Waals surface area contributed by atoms with Crippen LogP contribution in [0, 0.1) is 6.92 Å². The zero-order valence-corrected chi connectivity index (χ0v) is 19.2. The summed E-state index contributed by atoms with van der Waals surface area (Å²) in [7, 11) is -2.58. The number of hydrogen-bond donors (Lipinski definition) is 0. The molecular formula is C22H23ClN2O5S. The van der Waals surface area contributed by atoms with Crippen molar-refractivity contribution in [2.24, 2.45) is 0 Å². The zero-order chi connectivity index (χ0) is 22.9. The highest BCUT2D eigenvalue weighted by atomic mass is 35.5. The molecule has 1 atom stereocenters. The second-order valence-electron chi connectivity index (χ2n) is 7.17. The van der Waals surface area contributed by atoms with E-state index < -0.39 is 27.9 Å². The Morgan fingerprint density at radius 1 is 1.19 bits per heavy atom. The van der Waals surface area contributed by atoms with Crippen LogP contribution >= 0.6 is 11.6 Å². The molecule has 0 unspecified atom stereocenters. The fraction of sp³-hybridized carbons (Fsp3) is 0.273. The molecule has 9 heteroatoms. The number of carbonyl (C=O) groups is 2. The van der Waals surface area contributed by atoms with Gasteiger partial charge in [-0.15, -0.1) is 0 Å². The molecule has 0 N–H and O–H groups in total. The van der Waals surface area contributed by atoms with Crippen molar-refractivity contribution in [2.45, 2.75) is 26.3 Å². The number of nitrogens with zero attached hydrogens (tertiary/aromatic N) is 2. The van der Waals surface area contributed by atoms with Gasteiger partial charge in [0, 0.05) is 16.6 Å². The molecule has 0 aliphatic carbocycles. The molecule has 31 heavy (non-hydrogen) atoms. The van der Waals surface area contributed by atoms with Crippen molar-refractivity contribution in [1.29, 1.82) is 0 Å². The van der Waals surface area contributed by atoms with Crippen molar-refractivity contribution < 1.29 is 22.7 Å². The van der Waals surface area contributed by atoms with E-state index >= 15 is 0 Å². The van der Waals surface area contributed by atoms with Crippen molar-refractivity contribution in [2.75, 3.05) is 17.7 Å². The molecule has 3 aromatic rings. The second kappa shape index (κ2) is 8.72. The number of para-hydroxylation sites is 1. The minimum Gasteiger partial charge on any atom is -0.465 e. The molecule has 2 aromatic carbocycles. The van der Waals surface area contributed by atoms with Gasteiger partial charge in [-0.1, -0.05) is 42.8 Å². The van der Waals surface area contributed by atoms with Crippen LogP contribution < -0.4 is 4.31 Å². The van der Waals surface area contributed by atoms with Crippen LogP contribution in [0.2, 0.25) is 5.02 Å². The number of ether oxygens (including phenoxy) is 1. The first-order chi connectivity index (χ1) is 14.6. The maximum absolute atomic E-state index is 13.6. The highest BCUT2D eigenvalue weighted by molar-refractivity contribution is 7.92. The van der Waals surface area contributed by atoms with E-state index in [0.29, 0.717) is 27.2 Å². The van der Waals surface area contributed by atoms with Gasteiger partial charge >= 0.3 is 5.97 Å². The van der Waals surface area contributed by atoms with E-state index in [1.165, 1.54) is 23.9 Å². The molecule has 3 rings (SSSR count). The van der Waals surface area contributed by atoms with Crippen molar-refractivity contribution in [3.63, 3.8) is 0 Å². The van der Waals surface area contributed by atoms with Gasteiger partial charge < -0.3 is 4.74 Å². The molecule has 0 saturated carbocycles. The molecule has 7 nitrogen and oxygen atoms in total. The van der Waals surface area contributed by atoms with Crippen molar-refractivity contribution in [1.82, 2.24) is 4.57 Å². The molecule has 0 radical (unpaired) electrons. The van der Waals surface area contributed by atoms with Gasteiger partial charge in [0.15, 0.2) is 0 Å². The summed E-state index contributed by atoms with van der Waals surface area (Å²) in [6.45, 7) is 3.48. The summed E-state index contributed by atoms with van der Waals surface area (Å²) in [6.07, 6.45) is 2.65. The summed E-state index contributed by atoms with van der Waals surface area (Å²) in [5.74, 6) is -1.07. The summed E-state index contributed by atoms with van der Waals surface area (Å²) in [5, 5.41) is 0.901. The van der Waals surface area contributed by atoms with Gasteiger partial charge in [-0.2, -0.15) is 0 Å². The third-order valence-electron chi connectivity index (χ3n) is 5.08. The highest BCUT2D eigenvalue weighted by Gasteiger charge is 2.34. The van der Waals surface area contributed by atoms with Crippen LogP contribution in [-0.2, 0) is 14.8 Å². The highest BCUT2D eigenvalue weighted by Crippen LogP contribution is 2.31. The lowest BCUT2D eigenvalue weighted by atomic mass is 10.1. The van der Waals surface area contributed by atoms with E-state index in [4.69, 9.17) is 16.3 Å². The van der Waals surface area contributed by atoms with Gasteiger partial charge in [-0.3, -0.25) is 13.7 Å². The van der Waals surface area contributed by atoms with Crippen LogP contribution in [0.1, 0.15) is 34.1 Å². The quantitative estimate of drug-likeness (QED) is 0.510. The molecule has 1 aromatic heterocycles. The number of halogens is 1. The minimum absolute atomic E-state index is 0.206. The number of hydrogen-bond acceptors (Lipinski definition) is 5. The molecule has 0 amide bonds. The number of esters is 1. The maximum Gasteiger partial charge on any atom is 0.340 e. The molecule has 0 fully saturated rings. The zero-order valence-electron chi connectivity index (χ0n) is 17.6. The predicted octanol–water partition coefficient (Wildman–Crippen LogP) is 4.27. The predicted molar refractivity (Wildman–Crippen MR) is 121 cm³/mol. The summed E-state index contributed by atoms with van der Waals surface area (Å²) >= 11 is 6.12. The SMILES string of the molecule is CC[C@@H](C(=O)n1cc(C(=O)OC)c2ccccc21)N(c1cc(Cl)ccc1C)S(C)(=O)=O. The van der Waals surface area contributed by atoms with E-state index in [-0.39, 0.29) is 12.0 Å². The second-order valence-corrected chi connectivity index (χ2v) is 9.47. The number of sulfonamides is 1. The largest absolute Gasteiger partial charge is 0.465 e. The normalized spacial score (nSPS) is 12.5. The Hall–Kier alpha value is -2.84. The third kappa shape index (κ3) is 4.31. The fourth-order valence-corrected chi connectivity index (χ4v) is 5.06. The summed E-state index contributed by atoms with van der Waals surface area (Å²) in [4.78, 5) is 25.9. The Labute approximate surface area is 186 Å². The van der Waals surface area contributed by atoms with Crippen LogP contribution in [0.15, 0.2) is 48.7 Å². The average molecular weight is 463 g/mol. The van der Waals surface area contributed by atoms with E-state index in [9.17, 15) is 18.0 Å². The number of methoxy groups -OCH3 is 1. The number of benzene rings is 2. The molecule has 0 spiro atoms. The van der Waals surface area contributed by atoms with E-state index in [0.717, 1.165) is 10.6 Å². The first-order valence-electron chi connectivity index (χ1n) is 9.58. The number of anilines is 1. The maximum atomic E-state index is 13.6. The van der Waals surface area contributed by atoms with Crippen LogP contribution in [-0.4, -0.2) is 44.3 Å². The first kappa shape index (κ1) is 22.8. The van der Waals surface area contributed by atoms with Crippen molar-refractivity contribution in [3.8, 4) is 0 Å². The van der Waals surface area contributed by atoms with Gasteiger partial charge in [0.2, 0.25) is 10.0 Å². The average Bonchev–Trinajstić information content (AvgIpc) is 3.12. The Balaban J connectivity index is 2.20. The smallest absolute Gasteiger partial charge is 0.340 e. The minimum atomic E-state index is -3.84. The Morgan fingerprint density at radius 2 is 1.87 bits per heavy atom. The van der Waals surface area contributed by atoms with Crippen LogP contribution in [0.25, 0.3) is 10.9 Å². The summed E-state index contributed by atoms with van der Waals surface area (Å²) in [5.41, 5.74) is 1.71. The van der Waals surface area contributed by atoms with E-state index in [2.05, 4.69) is 0 Å². The van der Waals surface area contributed by atoms with Crippen molar-refractivity contribution in [3.05, 3.63) is 64.8 Å². The molecule has 0 bridgehead atoms. The van der Waals surface area contributed by atoms with E-state index in [1.54, 1.807) is 50.2 Å². The third-order valence-corrected chi connectivity index (χ3v) is 6.48. The summed E-state index contributed by atoms with van der Waals surface area (Å²) < 4.78 is 32.9. The van der Waals surface area contributed by atoms with E-state index in [1.807, 2.05) is 0 Å². The van der Waals surface area contributed by atoms with Gasteiger partial charge in [-0.05, 0) is 37.1 Å². The molecule has 0 saturated heterocycles. The van der Waals surface area contributed by atoms with Gasteiger partial charge in [-0.25, -0.2) is 13.2 Å². The lowest BCUT2D eigenvalue weighted by Crippen LogP contribution is -2.46. The number of carbonyl (C=O) groups excluding carboxylic acids is 2. The number of rotatable bonds is 6. The number of aryl methyl sites for hydroxylation is 1. The van der Waals surface area contributed by atoms with Crippen LogP contribution in [0.3, 0.4) is 0 Å². The van der Waals surface area contributed by atoms with Crippen LogP contribution in [0.5, 0.6) is 0 Å². The van der Waals surface area contributed by atoms with Gasteiger partial charge in [0.05, 0.1) is 30.1 Å². The number of aromatic nitrogens is 1. The standard InChI is InChI=1S/C22H23ClN2O5S/c1-5-18(25(31(4,28)29)20-12-15(23)11-10-14(20)2)21(26)24-13-17(22(27)30-3)16-8-6-7-9-19(16)24/h6-13,18H,5H2,1-4H3/t18-/m0/s1. The molecule has 1 heterocycles. The molecular weight excluding hydrogens is 440 g/mol. The Bertz CT molecular complexity index is 1270. The van der Waals surface area contributed by atoms with Gasteiger partial charge in [0.1, 0.15) is 6.04 Å². The first-order valence-corrected chi connectivity index (χ1v) is 11.8. The lowest BCUT2D eigenvalue weighted by Gasteiger charge is -2.31.